The Bertz CT molecular complexity index is 968. The standard InChI is InChI=1S/C29H44N3O4/c1-23(32(7,8)22-19-24-13-10-9-11-14-24)25-15-17-26(18-16-25)35-27(33)30(5)20-12-21-31(6)28(34)36-29(2,3)4/h9-11,13-18,23H,12,19-22H2,1-8H3/q+1. The van der Waals surface area contributed by atoms with Crippen molar-refractivity contribution in [3.63, 3.8) is 0 Å². The van der Waals surface area contributed by atoms with Gasteiger partial charge in [-0.2, -0.15) is 0 Å². The number of rotatable bonds is 10. The molecule has 0 fully saturated rings. The third-order valence-corrected chi connectivity index (χ3v) is 6.44. The zero-order chi connectivity index (χ0) is 26.9. The van der Waals surface area contributed by atoms with E-state index in [9.17, 15) is 9.59 Å². The average molecular weight is 499 g/mol. The molecule has 0 N–H and O–H groups in total. The van der Waals surface area contributed by atoms with Gasteiger partial charge in [0.25, 0.3) is 0 Å². The number of nitrogens with zero attached hydrogens (tertiary/aromatic N) is 3. The van der Waals surface area contributed by atoms with E-state index in [2.05, 4.69) is 45.3 Å². The summed E-state index contributed by atoms with van der Waals surface area (Å²) in [4.78, 5) is 27.6. The molecule has 0 radical (unpaired) electrons. The Kier molecular flexibility index (Phi) is 10.3. The highest BCUT2D eigenvalue weighted by atomic mass is 16.6. The third kappa shape index (κ3) is 9.53. The molecule has 2 rings (SSSR count). The first-order chi connectivity index (χ1) is 16.8. The van der Waals surface area contributed by atoms with Gasteiger partial charge in [-0.1, -0.05) is 30.3 Å². The Morgan fingerprint density at radius 3 is 2.00 bits per heavy atom. The molecular weight excluding hydrogens is 454 g/mol. The molecule has 7 nitrogen and oxygen atoms in total. The Balaban J connectivity index is 1.82. The highest BCUT2D eigenvalue weighted by Gasteiger charge is 2.25. The third-order valence-electron chi connectivity index (χ3n) is 6.44. The van der Waals surface area contributed by atoms with Crippen LogP contribution in [0.1, 0.15) is 51.3 Å². The largest absolute Gasteiger partial charge is 0.444 e. The van der Waals surface area contributed by atoms with Crippen LogP contribution in [-0.2, 0) is 11.2 Å². The summed E-state index contributed by atoms with van der Waals surface area (Å²) in [7, 11) is 7.88. The zero-order valence-electron chi connectivity index (χ0n) is 23.3. The maximum atomic E-state index is 12.5. The van der Waals surface area contributed by atoms with E-state index in [4.69, 9.17) is 9.47 Å². The minimum Gasteiger partial charge on any atom is -0.444 e. The van der Waals surface area contributed by atoms with E-state index in [-0.39, 0.29) is 6.09 Å². The molecule has 0 aliphatic carbocycles. The van der Waals surface area contributed by atoms with Gasteiger partial charge >= 0.3 is 12.2 Å². The summed E-state index contributed by atoms with van der Waals surface area (Å²) >= 11 is 0. The Labute approximate surface area is 217 Å². The van der Waals surface area contributed by atoms with E-state index in [1.165, 1.54) is 20.9 Å². The molecule has 1 atom stereocenters. The van der Waals surface area contributed by atoms with Gasteiger partial charge in [-0.15, -0.1) is 0 Å². The Hall–Kier alpha value is -3.06. The van der Waals surface area contributed by atoms with Crippen molar-refractivity contribution in [3.8, 4) is 5.75 Å². The van der Waals surface area contributed by atoms with Crippen LogP contribution in [0, 0.1) is 0 Å². The van der Waals surface area contributed by atoms with Gasteiger partial charge in [0.2, 0.25) is 0 Å². The van der Waals surface area contributed by atoms with Gasteiger partial charge in [-0.3, -0.25) is 0 Å². The lowest BCUT2D eigenvalue weighted by molar-refractivity contribution is -0.919. The van der Waals surface area contributed by atoms with Crippen molar-refractivity contribution in [2.24, 2.45) is 0 Å². The quantitative estimate of drug-likeness (QED) is 0.391. The number of quaternary nitrogens is 1. The molecule has 2 amide bonds. The fourth-order valence-corrected chi connectivity index (χ4v) is 3.72. The summed E-state index contributed by atoms with van der Waals surface area (Å²) in [5.74, 6) is 0.517. The van der Waals surface area contributed by atoms with Crippen molar-refractivity contribution in [2.75, 3.05) is 47.8 Å². The molecule has 0 bridgehead atoms. The summed E-state index contributed by atoms with van der Waals surface area (Å²) in [5, 5.41) is 0. The van der Waals surface area contributed by atoms with E-state index >= 15 is 0 Å². The van der Waals surface area contributed by atoms with Crippen molar-refractivity contribution in [1.29, 1.82) is 0 Å². The van der Waals surface area contributed by atoms with Crippen LogP contribution in [-0.4, -0.2) is 79.9 Å². The smallest absolute Gasteiger partial charge is 0.414 e. The van der Waals surface area contributed by atoms with Crippen LogP contribution in [0.5, 0.6) is 5.75 Å². The van der Waals surface area contributed by atoms with Crippen molar-refractivity contribution in [2.45, 2.75) is 52.2 Å². The Morgan fingerprint density at radius 1 is 0.889 bits per heavy atom. The van der Waals surface area contributed by atoms with Crippen molar-refractivity contribution < 1.29 is 23.5 Å². The summed E-state index contributed by atoms with van der Waals surface area (Å²) in [6, 6.07) is 18.6. The molecule has 0 saturated heterocycles. The van der Waals surface area contributed by atoms with Crippen LogP contribution < -0.4 is 4.74 Å². The lowest BCUT2D eigenvalue weighted by Crippen LogP contribution is -2.43. The van der Waals surface area contributed by atoms with Gasteiger partial charge in [-0.25, -0.2) is 9.59 Å². The molecule has 0 spiro atoms. The molecule has 0 heterocycles. The van der Waals surface area contributed by atoms with Gasteiger partial charge in [-0.05, 0) is 63.9 Å². The van der Waals surface area contributed by atoms with Crippen LogP contribution in [0.2, 0.25) is 0 Å². The molecule has 36 heavy (non-hydrogen) atoms. The number of hydrogen-bond acceptors (Lipinski definition) is 4. The summed E-state index contributed by atoms with van der Waals surface area (Å²) in [6.07, 6.45) is 0.847. The maximum Gasteiger partial charge on any atom is 0.414 e. The van der Waals surface area contributed by atoms with E-state index in [1.54, 1.807) is 14.1 Å². The first kappa shape index (κ1) is 29.2. The summed E-state index contributed by atoms with van der Waals surface area (Å²) < 4.78 is 11.8. The highest BCUT2D eigenvalue weighted by Crippen LogP contribution is 2.27. The van der Waals surface area contributed by atoms with Crippen LogP contribution in [0.4, 0.5) is 9.59 Å². The second-order valence-electron chi connectivity index (χ2n) is 11.0. The highest BCUT2D eigenvalue weighted by molar-refractivity contribution is 5.70. The fraction of sp³-hybridized carbons (Fsp3) is 0.517. The molecule has 7 heteroatoms. The van der Waals surface area contributed by atoms with E-state index < -0.39 is 11.7 Å². The lowest BCUT2D eigenvalue weighted by atomic mass is 10.0. The second kappa shape index (κ2) is 12.8. The van der Waals surface area contributed by atoms with Crippen LogP contribution >= 0.6 is 0 Å². The maximum absolute atomic E-state index is 12.5. The topological polar surface area (TPSA) is 59.1 Å². The number of amides is 2. The number of likely N-dealkylation sites (N-methyl/N-ethyl adjacent to an activating group) is 1. The average Bonchev–Trinajstić information content (AvgIpc) is 2.82. The first-order valence-corrected chi connectivity index (χ1v) is 12.6. The second-order valence-corrected chi connectivity index (χ2v) is 11.0. The molecule has 198 valence electrons. The monoisotopic (exact) mass is 498 g/mol. The Morgan fingerprint density at radius 2 is 1.44 bits per heavy atom. The van der Waals surface area contributed by atoms with Gasteiger partial charge < -0.3 is 23.8 Å². The zero-order valence-corrected chi connectivity index (χ0v) is 23.3. The lowest BCUT2D eigenvalue weighted by Gasteiger charge is -2.36. The molecular formula is C29H44N3O4+. The van der Waals surface area contributed by atoms with Gasteiger partial charge in [0, 0.05) is 39.2 Å². The molecule has 2 aromatic carbocycles. The fourth-order valence-electron chi connectivity index (χ4n) is 3.72. The predicted molar refractivity (Wildman–Crippen MR) is 144 cm³/mol. The van der Waals surface area contributed by atoms with Crippen molar-refractivity contribution >= 4 is 12.2 Å². The molecule has 0 aliphatic heterocycles. The minimum absolute atomic E-state index is 0.295. The summed E-state index contributed by atoms with van der Waals surface area (Å²) in [5.41, 5.74) is 2.01. The minimum atomic E-state index is -0.532. The molecule has 0 aromatic heterocycles. The van der Waals surface area contributed by atoms with Crippen molar-refractivity contribution in [1.82, 2.24) is 9.80 Å². The SMILES string of the molecule is CC(c1ccc(OC(=O)N(C)CCCN(C)C(=O)OC(C)(C)C)cc1)[N+](C)(C)CCc1ccccc1. The normalized spacial score (nSPS) is 12.6. The molecule has 1 unspecified atom stereocenters. The molecule has 0 aliphatic rings. The number of hydrogen-bond donors (Lipinski definition) is 0. The number of carbonyl (C=O) groups is 2. The predicted octanol–water partition coefficient (Wildman–Crippen LogP) is 5.75. The van der Waals surface area contributed by atoms with Crippen LogP contribution in [0.3, 0.4) is 0 Å². The van der Waals surface area contributed by atoms with E-state index in [0.29, 0.717) is 31.3 Å². The van der Waals surface area contributed by atoms with Gasteiger partial charge in [0.1, 0.15) is 17.4 Å². The van der Waals surface area contributed by atoms with Crippen LogP contribution in [0.25, 0.3) is 0 Å². The van der Waals surface area contributed by atoms with E-state index in [1.807, 2.05) is 51.1 Å². The van der Waals surface area contributed by atoms with E-state index in [0.717, 1.165) is 17.4 Å². The van der Waals surface area contributed by atoms with Crippen molar-refractivity contribution in [3.05, 3.63) is 65.7 Å². The molecule has 2 aromatic rings. The first-order valence-electron chi connectivity index (χ1n) is 12.6. The van der Waals surface area contributed by atoms with Gasteiger partial charge in [0.05, 0.1) is 20.6 Å². The number of carbonyl (C=O) groups excluding carboxylic acids is 2. The number of ether oxygens (including phenoxy) is 2. The summed E-state index contributed by atoms with van der Waals surface area (Å²) in [6.45, 7) is 9.71. The molecule has 0 saturated carbocycles. The van der Waals surface area contributed by atoms with Gasteiger partial charge in [0.15, 0.2) is 0 Å². The number of benzene rings is 2. The van der Waals surface area contributed by atoms with Crippen LogP contribution in [0.15, 0.2) is 54.6 Å².